The van der Waals surface area contributed by atoms with Gasteiger partial charge in [0.15, 0.2) is 0 Å². The van der Waals surface area contributed by atoms with Gasteiger partial charge in [-0.05, 0) is 49.3 Å². The molecular weight excluding hydrogens is 394 g/mol. The van der Waals surface area contributed by atoms with E-state index in [1.165, 1.54) is 12.8 Å². The molecule has 1 saturated carbocycles. The van der Waals surface area contributed by atoms with Crippen LogP contribution in [0.25, 0.3) is 0 Å². The highest BCUT2D eigenvalue weighted by Crippen LogP contribution is 2.36. The molecule has 26 heavy (non-hydrogen) atoms. The minimum Gasteiger partial charge on any atom is -0.343 e. The van der Waals surface area contributed by atoms with Crippen LogP contribution >= 0.6 is 15.9 Å². The fourth-order valence-electron chi connectivity index (χ4n) is 4.17. The Labute approximate surface area is 164 Å². The van der Waals surface area contributed by atoms with Gasteiger partial charge in [0.05, 0.1) is 6.04 Å². The highest BCUT2D eigenvalue weighted by Gasteiger charge is 2.29. The van der Waals surface area contributed by atoms with Crippen molar-refractivity contribution in [3.05, 3.63) is 34.3 Å². The van der Waals surface area contributed by atoms with Gasteiger partial charge in [-0.2, -0.15) is 0 Å². The van der Waals surface area contributed by atoms with Crippen LogP contribution in [0.4, 0.5) is 4.79 Å². The summed E-state index contributed by atoms with van der Waals surface area (Å²) in [7, 11) is 0. The van der Waals surface area contributed by atoms with E-state index < -0.39 is 0 Å². The lowest BCUT2D eigenvalue weighted by Gasteiger charge is -2.32. The van der Waals surface area contributed by atoms with Gasteiger partial charge in [-0.1, -0.05) is 40.9 Å². The van der Waals surface area contributed by atoms with Crippen molar-refractivity contribution in [2.75, 3.05) is 13.1 Å². The first-order valence-corrected chi connectivity index (χ1v) is 10.4. The minimum absolute atomic E-state index is 0.0484. The van der Waals surface area contributed by atoms with Crippen LogP contribution in [-0.4, -0.2) is 36.0 Å². The molecule has 142 valence electrons. The Kier molecular flexibility index (Phi) is 6.57. The zero-order valence-electron chi connectivity index (χ0n) is 15.3. The van der Waals surface area contributed by atoms with Gasteiger partial charge in [0.25, 0.3) is 0 Å². The van der Waals surface area contributed by atoms with Crippen LogP contribution in [0.15, 0.2) is 28.7 Å². The van der Waals surface area contributed by atoms with E-state index in [0.29, 0.717) is 5.92 Å². The van der Waals surface area contributed by atoms with Gasteiger partial charge in [0.2, 0.25) is 5.91 Å². The third kappa shape index (κ3) is 5.00. The first-order valence-electron chi connectivity index (χ1n) is 9.61. The van der Waals surface area contributed by atoms with E-state index >= 15 is 0 Å². The number of carbonyl (C=O) groups excluding carboxylic acids is 2. The fourth-order valence-corrected chi connectivity index (χ4v) is 4.59. The number of nitrogens with zero attached hydrogens (tertiary/aromatic N) is 1. The van der Waals surface area contributed by atoms with E-state index in [1.807, 2.05) is 17.0 Å². The molecule has 1 atom stereocenters. The molecule has 2 aliphatic rings. The summed E-state index contributed by atoms with van der Waals surface area (Å²) >= 11 is 3.54. The Hall–Kier alpha value is -1.56. The van der Waals surface area contributed by atoms with E-state index in [9.17, 15) is 9.59 Å². The molecule has 2 N–H and O–H groups in total. The summed E-state index contributed by atoms with van der Waals surface area (Å²) in [5, 5.41) is 6.35. The second-order valence-corrected chi connectivity index (χ2v) is 8.39. The number of piperidine rings is 1. The monoisotopic (exact) mass is 421 g/mol. The van der Waals surface area contributed by atoms with Gasteiger partial charge in [0.1, 0.15) is 0 Å². The number of hydrogen-bond donors (Lipinski definition) is 2. The molecule has 1 unspecified atom stereocenters. The SMILES string of the molecule is CC(=O)N1CCC(NC(=O)NC(c2cccc(Br)c2)C2CCCC2)CC1. The fraction of sp³-hybridized carbons (Fsp3) is 0.600. The molecule has 1 aliphatic carbocycles. The largest absolute Gasteiger partial charge is 0.343 e. The third-order valence-corrected chi connectivity index (χ3v) is 6.13. The van der Waals surface area contributed by atoms with Crippen molar-refractivity contribution in [1.29, 1.82) is 0 Å². The number of nitrogens with one attached hydrogen (secondary N) is 2. The zero-order chi connectivity index (χ0) is 18.5. The van der Waals surface area contributed by atoms with Gasteiger partial charge in [-0.25, -0.2) is 4.79 Å². The zero-order valence-corrected chi connectivity index (χ0v) is 16.9. The smallest absolute Gasteiger partial charge is 0.315 e. The molecule has 0 radical (unpaired) electrons. The van der Waals surface area contributed by atoms with Crippen molar-refractivity contribution >= 4 is 27.9 Å². The Morgan fingerprint density at radius 3 is 2.46 bits per heavy atom. The summed E-state index contributed by atoms with van der Waals surface area (Å²) in [6.45, 7) is 3.04. The van der Waals surface area contributed by atoms with Crippen molar-refractivity contribution in [1.82, 2.24) is 15.5 Å². The maximum absolute atomic E-state index is 12.6. The second kappa shape index (κ2) is 8.89. The predicted molar refractivity (Wildman–Crippen MR) is 106 cm³/mol. The second-order valence-electron chi connectivity index (χ2n) is 7.48. The van der Waals surface area contributed by atoms with Crippen molar-refractivity contribution in [2.45, 2.75) is 57.5 Å². The molecule has 3 amide bonds. The number of hydrogen-bond acceptors (Lipinski definition) is 2. The molecule has 1 aromatic carbocycles. The van der Waals surface area contributed by atoms with Crippen molar-refractivity contribution in [3.8, 4) is 0 Å². The lowest BCUT2D eigenvalue weighted by molar-refractivity contribution is -0.129. The summed E-state index contributed by atoms with van der Waals surface area (Å²) in [4.78, 5) is 25.9. The van der Waals surface area contributed by atoms with E-state index in [4.69, 9.17) is 0 Å². The molecule has 0 spiro atoms. The van der Waals surface area contributed by atoms with Crippen LogP contribution in [-0.2, 0) is 4.79 Å². The van der Waals surface area contributed by atoms with Crippen LogP contribution in [0.3, 0.4) is 0 Å². The Bertz CT molecular complexity index is 638. The van der Waals surface area contributed by atoms with Gasteiger partial charge in [-0.15, -0.1) is 0 Å². The van der Waals surface area contributed by atoms with E-state index in [0.717, 1.165) is 48.8 Å². The standard InChI is InChI=1S/C20H28BrN3O2/c1-14(25)24-11-9-18(10-12-24)22-20(26)23-19(15-5-2-3-6-15)16-7-4-8-17(21)13-16/h4,7-8,13,15,18-19H,2-3,5-6,9-12H2,1H3,(H2,22,23,26). The quantitative estimate of drug-likeness (QED) is 0.771. The van der Waals surface area contributed by atoms with Crippen LogP contribution in [0.5, 0.6) is 0 Å². The minimum atomic E-state index is -0.0943. The highest BCUT2D eigenvalue weighted by atomic mass is 79.9. The van der Waals surface area contributed by atoms with Crippen molar-refractivity contribution in [3.63, 3.8) is 0 Å². The maximum Gasteiger partial charge on any atom is 0.315 e. The van der Waals surface area contributed by atoms with Crippen LogP contribution in [0.2, 0.25) is 0 Å². The number of benzene rings is 1. The topological polar surface area (TPSA) is 61.4 Å². The summed E-state index contributed by atoms with van der Waals surface area (Å²) in [5.74, 6) is 0.610. The Morgan fingerprint density at radius 1 is 1.15 bits per heavy atom. The summed E-state index contributed by atoms with van der Waals surface area (Å²) in [6, 6.07) is 8.33. The summed E-state index contributed by atoms with van der Waals surface area (Å²) in [5.41, 5.74) is 1.16. The molecule has 1 heterocycles. The van der Waals surface area contributed by atoms with Crippen molar-refractivity contribution < 1.29 is 9.59 Å². The van der Waals surface area contributed by atoms with Crippen LogP contribution in [0.1, 0.15) is 57.1 Å². The van der Waals surface area contributed by atoms with Gasteiger partial charge in [0, 0.05) is 30.5 Å². The first-order chi connectivity index (χ1) is 12.5. The molecule has 5 nitrogen and oxygen atoms in total. The van der Waals surface area contributed by atoms with E-state index in [-0.39, 0.29) is 24.0 Å². The molecule has 1 saturated heterocycles. The highest BCUT2D eigenvalue weighted by molar-refractivity contribution is 9.10. The molecule has 3 rings (SSSR count). The van der Waals surface area contributed by atoms with Gasteiger partial charge < -0.3 is 15.5 Å². The van der Waals surface area contributed by atoms with Crippen molar-refractivity contribution in [2.24, 2.45) is 5.92 Å². The molecule has 1 aromatic rings. The molecule has 2 fully saturated rings. The summed E-state index contributed by atoms with van der Waals surface area (Å²) in [6.07, 6.45) is 6.43. The molecule has 1 aliphatic heterocycles. The molecular formula is C20H28BrN3O2. The first kappa shape index (κ1) is 19.2. The lowest BCUT2D eigenvalue weighted by atomic mass is 9.92. The van der Waals surface area contributed by atoms with Gasteiger partial charge in [-0.3, -0.25) is 4.79 Å². The van der Waals surface area contributed by atoms with E-state index in [1.54, 1.807) is 6.92 Å². The molecule has 6 heteroatoms. The number of rotatable bonds is 4. The lowest BCUT2D eigenvalue weighted by Crippen LogP contribution is -2.49. The van der Waals surface area contributed by atoms with Gasteiger partial charge >= 0.3 is 6.03 Å². The number of urea groups is 1. The molecule has 0 bridgehead atoms. The predicted octanol–water partition coefficient (Wildman–Crippen LogP) is 3.99. The summed E-state index contributed by atoms with van der Waals surface area (Å²) < 4.78 is 1.04. The average Bonchev–Trinajstić information content (AvgIpc) is 3.14. The normalized spacial score (nSPS) is 20.0. The van der Waals surface area contributed by atoms with Crippen LogP contribution < -0.4 is 10.6 Å². The number of amides is 3. The van der Waals surface area contributed by atoms with Crippen LogP contribution in [0, 0.1) is 5.92 Å². The molecule has 0 aromatic heterocycles. The number of carbonyl (C=O) groups is 2. The third-order valence-electron chi connectivity index (χ3n) is 5.64. The average molecular weight is 422 g/mol. The maximum atomic E-state index is 12.6. The Balaban J connectivity index is 1.60. The van der Waals surface area contributed by atoms with E-state index in [2.05, 4.69) is 38.7 Å². The Morgan fingerprint density at radius 2 is 1.85 bits per heavy atom. The number of likely N-dealkylation sites (tertiary alicyclic amines) is 1. The number of halogens is 1.